The Balaban J connectivity index is 2.39. The van der Waals surface area contributed by atoms with Gasteiger partial charge in [0.15, 0.2) is 0 Å². The SMILES string of the molecule is Cc1ccc(C(CCCl)CCCl)cc1C1CCCC1(N)C(=O)O. The molecule has 0 saturated heterocycles. The number of halogens is 2. The highest BCUT2D eigenvalue weighted by molar-refractivity contribution is 6.18. The normalized spacial score (nSPS) is 24.3. The van der Waals surface area contributed by atoms with Crippen LogP contribution in [-0.2, 0) is 4.79 Å². The molecule has 0 amide bonds. The molecule has 23 heavy (non-hydrogen) atoms. The number of carboxylic acids is 1. The highest BCUT2D eigenvalue weighted by Crippen LogP contribution is 2.43. The highest BCUT2D eigenvalue weighted by atomic mass is 35.5. The summed E-state index contributed by atoms with van der Waals surface area (Å²) in [7, 11) is 0. The molecule has 128 valence electrons. The number of nitrogens with two attached hydrogens (primary N) is 1. The van der Waals surface area contributed by atoms with E-state index in [0.717, 1.165) is 36.8 Å². The highest BCUT2D eigenvalue weighted by Gasteiger charge is 2.47. The standard InChI is InChI=1S/C18H25Cl2NO2/c1-12-4-5-14(13(6-9-19)7-10-20)11-15(12)16-3-2-8-18(16,21)17(22)23/h4-5,11,13,16H,2-3,6-10,21H2,1H3,(H,22,23). The minimum atomic E-state index is -1.15. The summed E-state index contributed by atoms with van der Waals surface area (Å²) in [6, 6.07) is 6.32. The molecule has 2 atom stereocenters. The molecule has 2 rings (SSSR count). The zero-order valence-corrected chi connectivity index (χ0v) is 15.0. The summed E-state index contributed by atoms with van der Waals surface area (Å²) in [6.45, 7) is 2.03. The molecular formula is C18H25Cl2NO2. The van der Waals surface area contributed by atoms with Gasteiger partial charge in [-0.25, -0.2) is 0 Å². The van der Waals surface area contributed by atoms with Gasteiger partial charge in [-0.3, -0.25) is 4.79 Å². The first kappa shape index (κ1) is 18.6. The number of aliphatic carboxylic acids is 1. The molecule has 0 aliphatic heterocycles. The summed E-state index contributed by atoms with van der Waals surface area (Å²) < 4.78 is 0. The van der Waals surface area contributed by atoms with Crippen LogP contribution in [0.1, 0.15) is 60.6 Å². The number of alkyl halides is 2. The Bertz CT molecular complexity index is 558. The van der Waals surface area contributed by atoms with Crippen molar-refractivity contribution >= 4 is 29.2 Å². The van der Waals surface area contributed by atoms with Crippen LogP contribution in [-0.4, -0.2) is 28.4 Å². The molecule has 5 heteroatoms. The van der Waals surface area contributed by atoms with Gasteiger partial charge >= 0.3 is 5.97 Å². The minimum absolute atomic E-state index is 0.132. The van der Waals surface area contributed by atoms with Crippen molar-refractivity contribution in [2.75, 3.05) is 11.8 Å². The Labute approximate surface area is 148 Å². The summed E-state index contributed by atoms with van der Waals surface area (Å²) in [4.78, 5) is 11.7. The van der Waals surface area contributed by atoms with Crippen LogP contribution in [0.4, 0.5) is 0 Å². The summed E-state index contributed by atoms with van der Waals surface area (Å²) in [5, 5.41) is 9.58. The maximum Gasteiger partial charge on any atom is 0.324 e. The van der Waals surface area contributed by atoms with Crippen molar-refractivity contribution in [1.29, 1.82) is 0 Å². The van der Waals surface area contributed by atoms with Crippen molar-refractivity contribution in [3.63, 3.8) is 0 Å². The van der Waals surface area contributed by atoms with Gasteiger partial charge in [0.1, 0.15) is 5.54 Å². The first-order valence-electron chi connectivity index (χ1n) is 8.18. The number of carbonyl (C=O) groups is 1. The average molecular weight is 358 g/mol. The summed E-state index contributed by atoms with van der Waals surface area (Å²) in [5.74, 6) is 0.451. The number of hydrogen-bond acceptors (Lipinski definition) is 2. The van der Waals surface area contributed by atoms with Crippen molar-refractivity contribution in [3.8, 4) is 0 Å². The van der Waals surface area contributed by atoms with Crippen molar-refractivity contribution < 1.29 is 9.90 Å². The summed E-state index contributed by atoms with van der Waals surface area (Å²) in [6.07, 6.45) is 3.94. The van der Waals surface area contributed by atoms with Crippen LogP contribution in [0.3, 0.4) is 0 Å². The van der Waals surface area contributed by atoms with Crippen LogP contribution >= 0.6 is 23.2 Å². The molecule has 0 aromatic heterocycles. The summed E-state index contributed by atoms with van der Waals surface area (Å²) in [5.41, 5.74) is 8.45. The van der Waals surface area contributed by atoms with Crippen LogP contribution < -0.4 is 5.73 Å². The van der Waals surface area contributed by atoms with Gasteiger partial charge in [0, 0.05) is 17.7 Å². The molecule has 0 bridgehead atoms. The van der Waals surface area contributed by atoms with E-state index in [-0.39, 0.29) is 5.92 Å². The monoisotopic (exact) mass is 357 g/mol. The number of aryl methyl sites for hydroxylation is 1. The maximum absolute atomic E-state index is 11.7. The largest absolute Gasteiger partial charge is 0.480 e. The third-order valence-corrected chi connectivity index (χ3v) is 5.60. The fourth-order valence-corrected chi connectivity index (χ4v) is 4.28. The fraction of sp³-hybridized carbons (Fsp3) is 0.611. The lowest BCUT2D eigenvalue weighted by Gasteiger charge is -2.29. The van der Waals surface area contributed by atoms with Crippen molar-refractivity contribution in [2.24, 2.45) is 5.73 Å². The van der Waals surface area contributed by atoms with Gasteiger partial charge < -0.3 is 10.8 Å². The van der Waals surface area contributed by atoms with Gasteiger partial charge in [-0.2, -0.15) is 0 Å². The molecule has 1 saturated carbocycles. The van der Waals surface area contributed by atoms with Crippen LogP contribution in [0.2, 0.25) is 0 Å². The lowest BCUT2D eigenvalue weighted by Crippen LogP contribution is -2.49. The van der Waals surface area contributed by atoms with Gasteiger partial charge in [0.05, 0.1) is 0 Å². The van der Waals surface area contributed by atoms with Gasteiger partial charge in [0.2, 0.25) is 0 Å². The second-order valence-electron chi connectivity index (χ2n) is 6.56. The zero-order chi connectivity index (χ0) is 17.0. The van der Waals surface area contributed by atoms with Crippen molar-refractivity contribution in [1.82, 2.24) is 0 Å². The van der Waals surface area contributed by atoms with E-state index >= 15 is 0 Å². The fourth-order valence-electron chi connectivity index (χ4n) is 3.75. The Hall–Kier alpha value is -0.770. The van der Waals surface area contributed by atoms with Crippen LogP contribution in [0.5, 0.6) is 0 Å². The minimum Gasteiger partial charge on any atom is -0.480 e. The Kier molecular flexibility index (Phi) is 6.35. The first-order valence-corrected chi connectivity index (χ1v) is 9.25. The van der Waals surface area contributed by atoms with E-state index in [9.17, 15) is 9.90 Å². The predicted octanol–water partition coefficient (Wildman–Crippen LogP) is 4.39. The molecular weight excluding hydrogens is 333 g/mol. The number of rotatable bonds is 7. The molecule has 1 aromatic carbocycles. The van der Waals surface area contributed by atoms with Crippen LogP contribution in [0.15, 0.2) is 18.2 Å². The van der Waals surface area contributed by atoms with E-state index in [1.54, 1.807) is 0 Å². The van der Waals surface area contributed by atoms with Crippen LogP contribution in [0, 0.1) is 6.92 Å². The van der Waals surface area contributed by atoms with E-state index in [1.807, 2.05) is 6.92 Å². The van der Waals surface area contributed by atoms with E-state index in [0.29, 0.717) is 24.1 Å². The quantitative estimate of drug-likeness (QED) is 0.711. The van der Waals surface area contributed by atoms with Gasteiger partial charge in [-0.15, -0.1) is 23.2 Å². The first-order chi connectivity index (χ1) is 10.9. The predicted molar refractivity (Wildman–Crippen MR) is 95.7 cm³/mol. The third-order valence-electron chi connectivity index (χ3n) is 5.17. The van der Waals surface area contributed by atoms with E-state index in [2.05, 4.69) is 18.2 Å². The summed E-state index contributed by atoms with van der Waals surface area (Å²) >= 11 is 11.9. The molecule has 1 aliphatic carbocycles. The Morgan fingerprint density at radius 1 is 1.39 bits per heavy atom. The number of benzene rings is 1. The van der Waals surface area contributed by atoms with Crippen LogP contribution in [0.25, 0.3) is 0 Å². The molecule has 0 radical (unpaired) electrons. The Morgan fingerprint density at radius 2 is 2.04 bits per heavy atom. The van der Waals surface area contributed by atoms with Gasteiger partial charge in [-0.1, -0.05) is 24.6 Å². The number of carboxylic acid groups (broad SMARTS) is 1. The Morgan fingerprint density at radius 3 is 2.61 bits per heavy atom. The van der Waals surface area contributed by atoms with E-state index in [4.69, 9.17) is 28.9 Å². The lowest BCUT2D eigenvalue weighted by atomic mass is 9.79. The van der Waals surface area contributed by atoms with E-state index in [1.165, 1.54) is 5.56 Å². The second kappa shape index (κ2) is 7.87. The number of hydrogen-bond donors (Lipinski definition) is 2. The topological polar surface area (TPSA) is 63.3 Å². The molecule has 1 aromatic rings. The third kappa shape index (κ3) is 3.84. The molecule has 3 N–H and O–H groups in total. The molecule has 2 unspecified atom stereocenters. The van der Waals surface area contributed by atoms with Gasteiger partial charge in [0.25, 0.3) is 0 Å². The molecule has 1 aliphatic rings. The maximum atomic E-state index is 11.7. The molecule has 3 nitrogen and oxygen atoms in total. The van der Waals surface area contributed by atoms with Gasteiger partial charge in [-0.05, 0) is 55.2 Å². The average Bonchev–Trinajstić information content (AvgIpc) is 2.91. The second-order valence-corrected chi connectivity index (χ2v) is 7.31. The molecule has 0 spiro atoms. The molecule has 0 heterocycles. The smallest absolute Gasteiger partial charge is 0.324 e. The lowest BCUT2D eigenvalue weighted by molar-refractivity contribution is -0.143. The van der Waals surface area contributed by atoms with Crippen molar-refractivity contribution in [2.45, 2.75) is 56.4 Å². The van der Waals surface area contributed by atoms with Crippen molar-refractivity contribution in [3.05, 3.63) is 34.9 Å². The zero-order valence-electron chi connectivity index (χ0n) is 13.5. The molecule has 1 fully saturated rings. The van der Waals surface area contributed by atoms with E-state index < -0.39 is 11.5 Å².